The van der Waals surface area contributed by atoms with Gasteiger partial charge in [0.05, 0.1) is 0 Å². The summed E-state index contributed by atoms with van der Waals surface area (Å²) in [6, 6.07) is 0. The van der Waals surface area contributed by atoms with E-state index in [9.17, 15) is 0 Å². The zero-order chi connectivity index (χ0) is 21.6. The standard InChI is InChI=1S/C11H22.C10H18.C5H10.C2H6/c1-3-4-8-11-9-6-5-7-10(11)2;1-9(2)7-8-10-5-3-4-6-10;1-3-5-4-2;1-2/h10-11H,3-9H2,1-2H3;10H,1,3-8H2,2H3;3H,1,4-5H2,2H3;1-2H3. The molecule has 2 rings (SSSR count). The van der Waals surface area contributed by atoms with Crippen LogP contribution in [0.1, 0.15) is 138 Å². The van der Waals surface area contributed by atoms with Crippen LogP contribution >= 0.6 is 0 Å². The summed E-state index contributed by atoms with van der Waals surface area (Å²) in [6.45, 7) is 20.5. The van der Waals surface area contributed by atoms with Crippen molar-refractivity contribution in [1.82, 2.24) is 0 Å². The average Bonchev–Trinajstić information content (AvgIpc) is 3.23. The van der Waals surface area contributed by atoms with Gasteiger partial charge in [-0.1, -0.05) is 123 Å². The lowest BCUT2D eigenvalue weighted by Crippen LogP contribution is -2.16. The minimum absolute atomic E-state index is 1.02. The fourth-order valence-electron chi connectivity index (χ4n) is 4.24. The summed E-state index contributed by atoms with van der Waals surface area (Å²) in [6.07, 6.45) is 23.2. The molecule has 28 heavy (non-hydrogen) atoms. The number of rotatable bonds is 8. The molecule has 0 aromatic heterocycles. The molecule has 0 N–H and O–H groups in total. The Morgan fingerprint density at radius 2 is 1.46 bits per heavy atom. The van der Waals surface area contributed by atoms with E-state index in [2.05, 4.69) is 40.9 Å². The molecule has 168 valence electrons. The smallest absolute Gasteiger partial charge is 0.0323 e. The molecule has 0 aliphatic heterocycles. The second-order valence-electron chi connectivity index (χ2n) is 8.89. The van der Waals surface area contributed by atoms with Crippen LogP contribution in [0, 0.1) is 17.8 Å². The molecule has 0 heterocycles. The Morgan fingerprint density at radius 1 is 0.893 bits per heavy atom. The maximum atomic E-state index is 3.92. The minimum atomic E-state index is 1.02. The molecule has 0 amide bonds. The van der Waals surface area contributed by atoms with Crippen molar-refractivity contribution in [2.24, 2.45) is 17.8 Å². The third-order valence-corrected chi connectivity index (χ3v) is 6.16. The van der Waals surface area contributed by atoms with Gasteiger partial charge in [0, 0.05) is 0 Å². The van der Waals surface area contributed by atoms with E-state index in [-0.39, 0.29) is 0 Å². The van der Waals surface area contributed by atoms with Crippen LogP contribution in [0.25, 0.3) is 0 Å². The molecular formula is C28H56. The van der Waals surface area contributed by atoms with Gasteiger partial charge in [0.25, 0.3) is 0 Å². The van der Waals surface area contributed by atoms with E-state index in [0.717, 1.165) is 24.2 Å². The van der Waals surface area contributed by atoms with Crippen LogP contribution in [0.5, 0.6) is 0 Å². The lowest BCUT2D eigenvalue weighted by atomic mass is 9.78. The van der Waals surface area contributed by atoms with Gasteiger partial charge >= 0.3 is 0 Å². The molecule has 0 spiro atoms. The van der Waals surface area contributed by atoms with Crippen LogP contribution in [0.3, 0.4) is 0 Å². The predicted octanol–water partition coefficient (Wildman–Crippen LogP) is 10.5. The molecule has 0 aromatic rings. The second-order valence-corrected chi connectivity index (χ2v) is 8.89. The first-order valence-electron chi connectivity index (χ1n) is 12.8. The summed E-state index contributed by atoms with van der Waals surface area (Å²) < 4.78 is 0. The highest BCUT2D eigenvalue weighted by molar-refractivity contribution is 4.88. The third kappa shape index (κ3) is 18.8. The minimum Gasteiger partial charge on any atom is -0.103 e. The lowest BCUT2D eigenvalue weighted by Gasteiger charge is -2.28. The Hall–Kier alpha value is -0.520. The molecule has 0 bridgehead atoms. The first-order valence-corrected chi connectivity index (χ1v) is 12.8. The number of hydrogen-bond acceptors (Lipinski definition) is 0. The van der Waals surface area contributed by atoms with Crippen molar-refractivity contribution in [3.8, 4) is 0 Å². The SMILES string of the molecule is C=C(C)CCC1CCCC1.C=CCCC.CC.CCCCC1CCCCC1C. The zero-order valence-electron chi connectivity index (χ0n) is 20.8. The van der Waals surface area contributed by atoms with E-state index in [0.29, 0.717) is 0 Å². The first kappa shape index (κ1) is 29.7. The summed E-state index contributed by atoms with van der Waals surface area (Å²) in [5.41, 5.74) is 1.35. The van der Waals surface area contributed by atoms with Gasteiger partial charge in [-0.3, -0.25) is 0 Å². The highest BCUT2D eigenvalue weighted by Gasteiger charge is 2.19. The molecule has 0 radical (unpaired) electrons. The molecular weight excluding hydrogens is 336 g/mol. The van der Waals surface area contributed by atoms with E-state index in [1.165, 1.54) is 95.5 Å². The third-order valence-electron chi connectivity index (χ3n) is 6.16. The highest BCUT2D eigenvalue weighted by atomic mass is 14.3. The van der Waals surface area contributed by atoms with E-state index in [4.69, 9.17) is 0 Å². The van der Waals surface area contributed by atoms with Gasteiger partial charge in [-0.25, -0.2) is 0 Å². The predicted molar refractivity (Wildman–Crippen MR) is 133 cm³/mol. The molecule has 0 aromatic carbocycles. The van der Waals surface area contributed by atoms with Gasteiger partial charge in [-0.15, -0.1) is 13.2 Å². The van der Waals surface area contributed by atoms with Gasteiger partial charge < -0.3 is 0 Å². The average molecular weight is 393 g/mol. The Morgan fingerprint density at radius 3 is 1.89 bits per heavy atom. The Bertz CT molecular complexity index is 321. The van der Waals surface area contributed by atoms with Gasteiger partial charge in [0.2, 0.25) is 0 Å². The van der Waals surface area contributed by atoms with E-state index in [1.54, 1.807) is 0 Å². The van der Waals surface area contributed by atoms with E-state index >= 15 is 0 Å². The fourth-order valence-corrected chi connectivity index (χ4v) is 4.24. The largest absolute Gasteiger partial charge is 0.103 e. The molecule has 2 unspecified atom stereocenters. The summed E-state index contributed by atoms with van der Waals surface area (Å²) in [5, 5.41) is 0. The van der Waals surface area contributed by atoms with Crippen LogP contribution in [0.2, 0.25) is 0 Å². The van der Waals surface area contributed by atoms with Gasteiger partial charge in [-0.2, -0.15) is 0 Å². The van der Waals surface area contributed by atoms with Crippen molar-refractivity contribution in [2.45, 2.75) is 138 Å². The molecule has 2 saturated carbocycles. The van der Waals surface area contributed by atoms with Crippen LogP contribution in [0.4, 0.5) is 0 Å². The first-order chi connectivity index (χ1) is 13.5. The summed E-state index contributed by atoms with van der Waals surface area (Å²) >= 11 is 0. The Labute approximate surface area is 180 Å². The van der Waals surface area contributed by atoms with E-state index in [1.807, 2.05) is 19.9 Å². The van der Waals surface area contributed by atoms with Crippen LogP contribution in [-0.4, -0.2) is 0 Å². The van der Waals surface area contributed by atoms with Gasteiger partial charge in [0.1, 0.15) is 0 Å². The van der Waals surface area contributed by atoms with Crippen molar-refractivity contribution in [1.29, 1.82) is 0 Å². The normalized spacial score (nSPS) is 21.2. The zero-order valence-corrected chi connectivity index (χ0v) is 20.8. The second kappa shape index (κ2) is 22.8. The quantitative estimate of drug-likeness (QED) is 0.360. The van der Waals surface area contributed by atoms with Crippen molar-refractivity contribution in [3.63, 3.8) is 0 Å². The summed E-state index contributed by atoms with van der Waals surface area (Å²) in [7, 11) is 0. The number of hydrogen-bond donors (Lipinski definition) is 0. The van der Waals surface area contributed by atoms with Gasteiger partial charge in [0.15, 0.2) is 0 Å². The summed E-state index contributed by atoms with van der Waals surface area (Å²) in [4.78, 5) is 0. The maximum Gasteiger partial charge on any atom is -0.0323 e. The Balaban J connectivity index is 0. The number of allylic oxidation sites excluding steroid dienone is 2. The van der Waals surface area contributed by atoms with Crippen molar-refractivity contribution in [3.05, 3.63) is 24.8 Å². The lowest BCUT2D eigenvalue weighted by molar-refractivity contribution is 0.237. The maximum absolute atomic E-state index is 3.92. The molecule has 2 aliphatic rings. The van der Waals surface area contributed by atoms with Crippen LogP contribution in [0.15, 0.2) is 24.8 Å². The molecule has 2 fully saturated rings. The topological polar surface area (TPSA) is 0 Å². The summed E-state index contributed by atoms with van der Waals surface area (Å²) in [5.74, 6) is 3.13. The van der Waals surface area contributed by atoms with E-state index < -0.39 is 0 Å². The Kier molecular flexibility index (Phi) is 24.1. The fraction of sp³-hybridized carbons (Fsp3) is 0.857. The molecule has 2 atom stereocenters. The molecule has 0 saturated heterocycles. The molecule has 0 heteroatoms. The van der Waals surface area contributed by atoms with Crippen molar-refractivity contribution >= 4 is 0 Å². The van der Waals surface area contributed by atoms with Crippen LogP contribution < -0.4 is 0 Å². The van der Waals surface area contributed by atoms with Gasteiger partial charge in [-0.05, 0) is 43.9 Å². The number of unbranched alkanes of at least 4 members (excludes halogenated alkanes) is 2. The monoisotopic (exact) mass is 392 g/mol. The molecule has 0 nitrogen and oxygen atoms in total. The van der Waals surface area contributed by atoms with Crippen molar-refractivity contribution in [2.75, 3.05) is 0 Å². The molecule has 2 aliphatic carbocycles. The van der Waals surface area contributed by atoms with Crippen molar-refractivity contribution < 1.29 is 0 Å². The van der Waals surface area contributed by atoms with Crippen LogP contribution in [-0.2, 0) is 0 Å². The highest BCUT2D eigenvalue weighted by Crippen LogP contribution is 2.32.